The van der Waals surface area contributed by atoms with Gasteiger partial charge in [-0.3, -0.25) is 9.59 Å². The molecule has 22 heavy (non-hydrogen) atoms. The molecule has 0 bridgehead atoms. The van der Waals surface area contributed by atoms with E-state index in [1.165, 1.54) is 77.6 Å². The van der Waals surface area contributed by atoms with E-state index in [9.17, 15) is 9.59 Å². The number of carbonyl (C=O) groups is 2. The van der Waals surface area contributed by atoms with Crippen LogP contribution < -0.4 is 0 Å². The quantitative estimate of drug-likeness (QED) is 0.272. The molecule has 0 aromatic carbocycles. The van der Waals surface area contributed by atoms with E-state index in [4.69, 9.17) is 4.74 Å². The number of ketones is 2. The lowest BCUT2D eigenvalue weighted by atomic mass is 10.1. The normalized spacial score (nSPS) is 10.8. The van der Waals surface area contributed by atoms with E-state index in [1.54, 1.807) is 0 Å². The number of ether oxygens (including phenoxy) is 1. The summed E-state index contributed by atoms with van der Waals surface area (Å²) in [5.74, 6) is -0.189. The van der Waals surface area contributed by atoms with Gasteiger partial charge in [0.1, 0.15) is 12.4 Å². The summed E-state index contributed by atoms with van der Waals surface area (Å²) in [6, 6.07) is 0. The minimum atomic E-state index is -0.105. The average Bonchev–Trinajstić information content (AvgIpc) is 2.47. The number of Topliss-reactive ketones (excluding diaryl/α,β-unsaturated/α-hetero) is 2. The predicted molar refractivity (Wildman–Crippen MR) is 92.2 cm³/mol. The molecule has 0 aliphatic rings. The summed E-state index contributed by atoms with van der Waals surface area (Å²) in [6.45, 7) is 4.43. The van der Waals surface area contributed by atoms with E-state index in [-0.39, 0.29) is 24.6 Å². The van der Waals surface area contributed by atoms with Crippen molar-refractivity contribution in [1.29, 1.82) is 0 Å². The number of rotatable bonds is 17. The van der Waals surface area contributed by atoms with Crippen molar-refractivity contribution in [3.05, 3.63) is 0 Å². The van der Waals surface area contributed by atoms with Gasteiger partial charge in [-0.05, 0) is 13.3 Å². The Kier molecular flexibility index (Phi) is 16.1. The molecule has 0 saturated heterocycles. The molecule has 0 amide bonds. The maximum absolute atomic E-state index is 11.2. The Morgan fingerprint density at radius 3 is 1.64 bits per heavy atom. The van der Waals surface area contributed by atoms with E-state index >= 15 is 0 Å². The van der Waals surface area contributed by atoms with Crippen LogP contribution in [0.4, 0.5) is 0 Å². The van der Waals surface area contributed by atoms with E-state index in [2.05, 4.69) is 6.92 Å². The molecule has 0 heterocycles. The van der Waals surface area contributed by atoms with Crippen LogP contribution in [0.25, 0.3) is 0 Å². The maximum Gasteiger partial charge on any atom is 0.165 e. The van der Waals surface area contributed by atoms with Crippen LogP contribution in [-0.2, 0) is 14.3 Å². The fourth-order valence-corrected chi connectivity index (χ4v) is 2.56. The van der Waals surface area contributed by atoms with Crippen molar-refractivity contribution < 1.29 is 14.3 Å². The minimum absolute atomic E-state index is 0.0123. The molecule has 0 radical (unpaired) electrons. The average molecular weight is 312 g/mol. The molecule has 130 valence electrons. The second-order valence-corrected chi connectivity index (χ2v) is 6.36. The first-order chi connectivity index (χ1) is 10.7. The van der Waals surface area contributed by atoms with Crippen LogP contribution in [-0.4, -0.2) is 24.8 Å². The Hall–Kier alpha value is -0.700. The van der Waals surface area contributed by atoms with E-state index in [1.807, 2.05) is 0 Å². The van der Waals surface area contributed by atoms with Gasteiger partial charge in [0.15, 0.2) is 5.78 Å². The summed E-state index contributed by atoms with van der Waals surface area (Å²) >= 11 is 0. The monoisotopic (exact) mass is 312 g/mol. The van der Waals surface area contributed by atoms with Crippen LogP contribution in [0, 0.1) is 0 Å². The summed E-state index contributed by atoms with van der Waals surface area (Å²) in [5.41, 5.74) is 0. The third-order valence-corrected chi connectivity index (χ3v) is 3.85. The summed E-state index contributed by atoms with van der Waals surface area (Å²) in [4.78, 5) is 22.0. The molecule has 0 aliphatic heterocycles. The van der Waals surface area contributed by atoms with E-state index in [0.29, 0.717) is 6.61 Å². The lowest BCUT2D eigenvalue weighted by molar-refractivity contribution is -0.128. The molecule has 0 saturated carbocycles. The van der Waals surface area contributed by atoms with Crippen LogP contribution in [0.5, 0.6) is 0 Å². The molecule has 0 unspecified atom stereocenters. The van der Waals surface area contributed by atoms with Gasteiger partial charge in [0.25, 0.3) is 0 Å². The first-order valence-electron chi connectivity index (χ1n) is 9.25. The molecular weight excluding hydrogens is 276 g/mol. The van der Waals surface area contributed by atoms with Gasteiger partial charge < -0.3 is 4.74 Å². The van der Waals surface area contributed by atoms with Gasteiger partial charge in [-0.25, -0.2) is 0 Å². The molecule has 0 N–H and O–H groups in total. The van der Waals surface area contributed by atoms with Gasteiger partial charge in [-0.2, -0.15) is 0 Å². The largest absolute Gasteiger partial charge is 0.374 e. The third-order valence-electron chi connectivity index (χ3n) is 3.85. The number of hydrogen-bond acceptors (Lipinski definition) is 3. The second kappa shape index (κ2) is 16.7. The van der Waals surface area contributed by atoms with Crippen LogP contribution in [0.15, 0.2) is 0 Å². The SMILES string of the molecule is CCCCCCCCCCCCCCOCC(=O)CC(C)=O. The first-order valence-corrected chi connectivity index (χ1v) is 9.25. The summed E-state index contributed by atoms with van der Waals surface area (Å²) in [6.07, 6.45) is 15.9. The third kappa shape index (κ3) is 17.4. The fourth-order valence-electron chi connectivity index (χ4n) is 2.56. The zero-order chi connectivity index (χ0) is 16.5. The summed E-state index contributed by atoms with van der Waals surface area (Å²) in [5, 5.41) is 0. The van der Waals surface area contributed by atoms with Crippen LogP contribution in [0.3, 0.4) is 0 Å². The number of hydrogen-bond donors (Lipinski definition) is 0. The minimum Gasteiger partial charge on any atom is -0.374 e. The highest BCUT2D eigenvalue weighted by Gasteiger charge is 2.04. The predicted octanol–water partition coefficient (Wildman–Crippen LogP) is 5.25. The topological polar surface area (TPSA) is 43.4 Å². The smallest absolute Gasteiger partial charge is 0.165 e. The van der Waals surface area contributed by atoms with Gasteiger partial charge in [-0.1, -0.05) is 77.6 Å². The highest BCUT2D eigenvalue weighted by Crippen LogP contribution is 2.11. The molecule has 0 aliphatic carbocycles. The standard InChI is InChI=1S/C19H36O3/c1-3-4-5-6-7-8-9-10-11-12-13-14-15-22-17-19(21)16-18(2)20/h3-17H2,1-2H3. The van der Waals surface area contributed by atoms with Crippen LogP contribution in [0.2, 0.25) is 0 Å². The zero-order valence-electron chi connectivity index (χ0n) is 14.8. The lowest BCUT2D eigenvalue weighted by Gasteiger charge is -2.04. The summed E-state index contributed by atoms with van der Waals surface area (Å²) in [7, 11) is 0. The van der Waals surface area contributed by atoms with Crippen molar-refractivity contribution in [2.75, 3.05) is 13.2 Å². The van der Waals surface area contributed by atoms with Gasteiger partial charge in [0.2, 0.25) is 0 Å². The molecule has 3 nitrogen and oxygen atoms in total. The number of unbranched alkanes of at least 4 members (excludes halogenated alkanes) is 11. The molecule has 0 aromatic heterocycles. The molecule has 0 atom stereocenters. The van der Waals surface area contributed by atoms with Crippen LogP contribution in [0.1, 0.15) is 97.3 Å². The van der Waals surface area contributed by atoms with E-state index in [0.717, 1.165) is 6.42 Å². The highest BCUT2D eigenvalue weighted by molar-refractivity contribution is 5.98. The Bertz CT molecular complexity index is 274. The Morgan fingerprint density at radius 2 is 1.18 bits per heavy atom. The molecule has 0 aromatic rings. The van der Waals surface area contributed by atoms with Crippen molar-refractivity contribution >= 4 is 11.6 Å². The van der Waals surface area contributed by atoms with Gasteiger partial charge in [-0.15, -0.1) is 0 Å². The van der Waals surface area contributed by atoms with Crippen LogP contribution >= 0.6 is 0 Å². The number of carbonyl (C=O) groups excluding carboxylic acids is 2. The van der Waals surface area contributed by atoms with E-state index < -0.39 is 0 Å². The van der Waals surface area contributed by atoms with Gasteiger partial charge in [0.05, 0.1) is 6.42 Å². The van der Waals surface area contributed by atoms with Crippen molar-refractivity contribution in [2.24, 2.45) is 0 Å². The van der Waals surface area contributed by atoms with Crippen molar-refractivity contribution in [2.45, 2.75) is 97.3 Å². The van der Waals surface area contributed by atoms with Crippen molar-refractivity contribution in [3.63, 3.8) is 0 Å². The summed E-state index contributed by atoms with van der Waals surface area (Å²) < 4.78 is 5.29. The second-order valence-electron chi connectivity index (χ2n) is 6.36. The molecule has 0 rings (SSSR count). The van der Waals surface area contributed by atoms with Gasteiger partial charge >= 0.3 is 0 Å². The molecule has 0 fully saturated rings. The molecule has 0 spiro atoms. The lowest BCUT2D eigenvalue weighted by Crippen LogP contribution is -2.12. The Morgan fingerprint density at radius 1 is 0.727 bits per heavy atom. The first kappa shape index (κ1) is 21.3. The molecule has 3 heteroatoms. The Balaban J connectivity index is 3.08. The zero-order valence-corrected chi connectivity index (χ0v) is 14.8. The van der Waals surface area contributed by atoms with Crippen molar-refractivity contribution in [3.8, 4) is 0 Å². The van der Waals surface area contributed by atoms with Crippen molar-refractivity contribution in [1.82, 2.24) is 0 Å². The fraction of sp³-hybridized carbons (Fsp3) is 0.895. The van der Waals surface area contributed by atoms with Gasteiger partial charge in [0, 0.05) is 6.61 Å². The molecular formula is C19H36O3. The highest BCUT2D eigenvalue weighted by atomic mass is 16.5. The Labute approximate surface area is 137 Å². The maximum atomic E-state index is 11.2.